The Morgan fingerprint density at radius 3 is 2.61 bits per heavy atom. The molecule has 0 bridgehead atoms. The van der Waals surface area contributed by atoms with Crippen molar-refractivity contribution in [3.63, 3.8) is 0 Å². The van der Waals surface area contributed by atoms with Gasteiger partial charge in [0.1, 0.15) is 5.69 Å². The molecule has 9 heteroatoms. The molecule has 1 N–H and O–H groups in total. The topological polar surface area (TPSA) is 69.0 Å². The third kappa shape index (κ3) is 4.08. The first-order chi connectivity index (χ1) is 13.3. The Kier molecular flexibility index (Phi) is 5.53. The Morgan fingerprint density at radius 2 is 1.96 bits per heavy atom. The van der Waals surface area contributed by atoms with Gasteiger partial charge in [0.2, 0.25) is 5.88 Å². The molecule has 3 rings (SSSR count). The quantitative estimate of drug-likeness (QED) is 0.697. The molecule has 2 aromatic heterocycles. The smallest absolute Gasteiger partial charge is 0.417 e. The number of halogens is 3. The second-order valence-corrected chi connectivity index (χ2v) is 6.18. The number of alkyl halides is 3. The monoisotopic (exact) mass is 392 g/mol. The summed E-state index contributed by atoms with van der Waals surface area (Å²) < 4.78 is 47.8. The van der Waals surface area contributed by atoms with E-state index < -0.39 is 24.3 Å². The number of carbonyl (C=O) groups is 1. The van der Waals surface area contributed by atoms with Gasteiger partial charge in [-0.2, -0.15) is 23.3 Å². The van der Waals surface area contributed by atoms with Crippen LogP contribution in [-0.2, 0) is 18.0 Å². The van der Waals surface area contributed by atoms with Gasteiger partial charge in [0, 0.05) is 25.2 Å². The number of fused-ring (bicyclic) bond motifs is 1. The van der Waals surface area contributed by atoms with Crippen LogP contribution in [0.25, 0.3) is 22.3 Å². The normalized spacial score (nSPS) is 11.6. The van der Waals surface area contributed by atoms with Crippen LogP contribution in [-0.4, -0.2) is 33.8 Å². The van der Waals surface area contributed by atoms with Gasteiger partial charge in [-0.15, -0.1) is 0 Å². The predicted octanol–water partition coefficient (Wildman–Crippen LogP) is 3.56. The van der Waals surface area contributed by atoms with Crippen molar-refractivity contribution >= 4 is 16.9 Å². The summed E-state index contributed by atoms with van der Waals surface area (Å²) in [6.45, 7) is 1.93. The number of ether oxygens (including phenoxy) is 1. The van der Waals surface area contributed by atoms with E-state index in [1.54, 1.807) is 30.3 Å². The molecule has 0 atom stereocenters. The van der Waals surface area contributed by atoms with Crippen LogP contribution in [0.1, 0.15) is 18.9 Å². The fourth-order valence-corrected chi connectivity index (χ4v) is 2.77. The summed E-state index contributed by atoms with van der Waals surface area (Å²) in [5.41, 5.74) is -0.149. The Morgan fingerprint density at radius 1 is 1.25 bits per heavy atom. The second kappa shape index (κ2) is 7.87. The van der Waals surface area contributed by atoms with Gasteiger partial charge in [-0.05, 0) is 6.42 Å². The van der Waals surface area contributed by atoms with Gasteiger partial charge in [0.05, 0.1) is 10.9 Å². The lowest BCUT2D eigenvalue weighted by Gasteiger charge is -2.12. The highest BCUT2D eigenvalue weighted by atomic mass is 19.4. The highest BCUT2D eigenvalue weighted by molar-refractivity contribution is 5.94. The number of amides is 1. The third-order valence-electron chi connectivity index (χ3n) is 4.05. The minimum absolute atomic E-state index is 0.0256. The Balaban J connectivity index is 2.06. The lowest BCUT2D eigenvalue weighted by atomic mass is 10.0. The molecule has 0 fully saturated rings. The first-order valence-corrected chi connectivity index (χ1v) is 8.71. The van der Waals surface area contributed by atoms with Gasteiger partial charge in [-0.3, -0.25) is 4.79 Å². The molecule has 148 valence electrons. The number of nitrogens with one attached hydrogen (secondary N) is 1. The van der Waals surface area contributed by atoms with E-state index in [9.17, 15) is 18.0 Å². The van der Waals surface area contributed by atoms with Crippen LogP contribution in [0, 0.1) is 0 Å². The molecular formula is C19H19F3N4O2. The van der Waals surface area contributed by atoms with E-state index in [1.165, 1.54) is 11.7 Å². The maximum Gasteiger partial charge on any atom is 0.417 e. The Bertz CT molecular complexity index is 984. The maximum absolute atomic E-state index is 13.8. The molecule has 1 amide bonds. The molecule has 1 aromatic carbocycles. The molecule has 0 spiro atoms. The summed E-state index contributed by atoms with van der Waals surface area (Å²) in [6, 6.07) is 9.40. The van der Waals surface area contributed by atoms with Crippen LogP contribution in [0.15, 0.2) is 36.4 Å². The molecule has 28 heavy (non-hydrogen) atoms. The number of aromatic nitrogens is 3. The third-order valence-corrected chi connectivity index (χ3v) is 4.05. The average molecular weight is 392 g/mol. The van der Waals surface area contributed by atoms with E-state index >= 15 is 0 Å². The van der Waals surface area contributed by atoms with Crippen molar-refractivity contribution < 1.29 is 22.7 Å². The molecule has 6 nitrogen and oxygen atoms in total. The van der Waals surface area contributed by atoms with Crippen molar-refractivity contribution in [3.8, 4) is 17.1 Å². The largest absolute Gasteiger partial charge is 0.467 e. The van der Waals surface area contributed by atoms with Crippen LogP contribution in [0.2, 0.25) is 0 Å². The van der Waals surface area contributed by atoms with Gasteiger partial charge >= 0.3 is 6.18 Å². The number of pyridine rings is 1. The van der Waals surface area contributed by atoms with Gasteiger partial charge in [-0.1, -0.05) is 37.3 Å². The molecule has 2 heterocycles. The molecule has 0 aliphatic heterocycles. The van der Waals surface area contributed by atoms with Crippen molar-refractivity contribution in [2.45, 2.75) is 19.5 Å². The zero-order valence-corrected chi connectivity index (χ0v) is 15.4. The molecule has 3 aromatic rings. The van der Waals surface area contributed by atoms with Gasteiger partial charge in [0.25, 0.3) is 5.91 Å². The zero-order valence-electron chi connectivity index (χ0n) is 15.4. The van der Waals surface area contributed by atoms with Gasteiger partial charge in [0.15, 0.2) is 12.3 Å². The van der Waals surface area contributed by atoms with Crippen molar-refractivity contribution in [2.24, 2.45) is 7.05 Å². The summed E-state index contributed by atoms with van der Waals surface area (Å²) in [5, 5.41) is 6.71. The number of aryl methyl sites for hydroxylation is 1. The number of benzene rings is 1. The first-order valence-electron chi connectivity index (χ1n) is 8.71. The molecule has 0 aliphatic carbocycles. The molecule has 0 radical (unpaired) electrons. The molecular weight excluding hydrogens is 373 g/mol. The summed E-state index contributed by atoms with van der Waals surface area (Å²) >= 11 is 0. The summed E-state index contributed by atoms with van der Waals surface area (Å²) in [4.78, 5) is 15.8. The summed E-state index contributed by atoms with van der Waals surface area (Å²) in [5.74, 6) is -0.707. The molecule has 0 saturated carbocycles. The van der Waals surface area contributed by atoms with Crippen LogP contribution in [0.5, 0.6) is 5.88 Å². The van der Waals surface area contributed by atoms with Crippen LogP contribution in [0.4, 0.5) is 13.2 Å². The van der Waals surface area contributed by atoms with Crippen molar-refractivity contribution in [1.29, 1.82) is 0 Å². The lowest BCUT2D eigenvalue weighted by molar-refractivity contribution is -0.136. The van der Waals surface area contributed by atoms with Gasteiger partial charge < -0.3 is 10.1 Å². The second-order valence-electron chi connectivity index (χ2n) is 6.18. The Labute approximate surface area is 159 Å². The van der Waals surface area contributed by atoms with Crippen molar-refractivity contribution in [3.05, 3.63) is 42.0 Å². The van der Waals surface area contributed by atoms with Crippen LogP contribution in [0.3, 0.4) is 0 Å². The predicted molar refractivity (Wildman–Crippen MR) is 97.7 cm³/mol. The summed E-state index contributed by atoms with van der Waals surface area (Å²) in [7, 11) is 1.51. The van der Waals surface area contributed by atoms with E-state index in [1.807, 2.05) is 6.92 Å². The van der Waals surface area contributed by atoms with E-state index in [0.717, 1.165) is 12.5 Å². The van der Waals surface area contributed by atoms with Crippen molar-refractivity contribution in [2.75, 3.05) is 13.2 Å². The Hall–Kier alpha value is -3.10. The van der Waals surface area contributed by atoms with E-state index in [-0.39, 0.29) is 22.6 Å². The number of rotatable bonds is 6. The number of hydrogen-bond acceptors (Lipinski definition) is 4. The van der Waals surface area contributed by atoms with Gasteiger partial charge in [-0.25, -0.2) is 4.68 Å². The fraction of sp³-hybridized carbons (Fsp3) is 0.316. The summed E-state index contributed by atoms with van der Waals surface area (Å²) in [6.07, 6.45) is -3.90. The van der Waals surface area contributed by atoms with E-state index in [2.05, 4.69) is 15.4 Å². The van der Waals surface area contributed by atoms with Crippen molar-refractivity contribution in [1.82, 2.24) is 20.1 Å². The minimum Gasteiger partial charge on any atom is -0.467 e. The molecule has 0 aliphatic rings. The SMILES string of the molecule is CCCNC(=O)COc1cc(C(F)(F)F)c2c(-c3ccccc3)nn(C)c2n1. The standard InChI is InChI=1S/C19H19F3N4O2/c1-3-9-23-14(27)11-28-15-10-13(19(20,21)22)16-17(12-7-5-4-6-8-12)25-26(2)18(16)24-15/h4-8,10H,3,9,11H2,1-2H3,(H,23,27). The van der Waals surface area contributed by atoms with E-state index in [0.29, 0.717) is 12.1 Å². The number of carbonyl (C=O) groups excluding carboxylic acids is 1. The molecule has 0 unspecified atom stereocenters. The van der Waals surface area contributed by atoms with Crippen LogP contribution >= 0.6 is 0 Å². The zero-order chi connectivity index (χ0) is 20.3. The highest BCUT2D eigenvalue weighted by Gasteiger charge is 2.36. The highest BCUT2D eigenvalue weighted by Crippen LogP contribution is 2.40. The van der Waals surface area contributed by atoms with E-state index in [4.69, 9.17) is 4.74 Å². The van der Waals surface area contributed by atoms with Crippen LogP contribution < -0.4 is 10.1 Å². The average Bonchev–Trinajstić information content (AvgIpc) is 3.00. The fourth-order valence-electron chi connectivity index (χ4n) is 2.77. The number of hydrogen-bond donors (Lipinski definition) is 1. The molecule has 0 saturated heterocycles. The number of nitrogens with zero attached hydrogens (tertiary/aromatic N) is 3. The lowest BCUT2D eigenvalue weighted by Crippen LogP contribution is -2.29. The first kappa shape index (κ1) is 19.7. The minimum atomic E-state index is -4.64. The maximum atomic E-state index is 13.8.